The van der Waals surface area contributed by atoms with Crippen molar-refractivity contribution in [1.29, 1.82) is 0 Å². The number of anilines is 1. The number of hydrogen-bond donors (Lipinski definition) is 2. The Balaban J connectivity index is 1.83. The van der Waals surface area contributed by atoms with Gasteiger partial charge in [0.05, 0.1) is 11.6 Å². The number of carbonyl (C=O) groups is 3. The zero-order chi connectivity index (χ0) is 20.8. The van der Waals surface area contributed by atoms with Crippen molar-refractivity contribution in [1.82, 2.24) is 10.2 Å². The van der Waals surface area contributed by atoms with Crippen LogP contribution in [0.1, 0.15) is 31.4 Å². The van der Waals surface area contributed by atoms with Crippen LogP contribution in [-0.2, 0) is 14.4 Å². The molecule has 8 heteroatoms. The third-order valence-electron chi connectivity index (χ3n) is 4.08. The summed E-state index contributed by atoms with van der Waals surface area (Å²) < 4.78 is 0. The van der Waals surface area contributed by atoms with Crippen molar-refractivity contribution in [2.75, 3.05) is 25.5 Å². The summed E-state index contributed by atoms with van der Waals surface area (Å²) in [4.78, 5) is 42.2. The van der Waals surface area contributed by atoms with Crippen molar-refractivity contribution in [2.45, 2.75) is 45.4 Å². The molecule has 0 spiro atoms. The van der Waals surface area contributed by atoms with E-state index in [4.69, 9.17) is 0 Å². The van der Waals surface area contributed by atoms with Gasteiger partial charge in [-0.15, -0.1) is 0 Å². The molecular formula is C20H28N4O3S. The smallest absolute Gasteiger partial charge is 0.260 e. The molecule has 3 amide bonds. The standard InChI is InChI=1S/C20H28N4O3S/c1-12(2)21-18(26)10-24(5)11-19-23-20(27)16(28-19)9-17(25)22-15-7-6-13(3)8-14(15)4/h6-8,12,16H,9-11H2,1-5H3,(H,21,26)(H,22,25)/t16-/m1/s1. The number of hydrogen-bond acceptors (Lipinski definition) is 5. The fourth-order valence-corrected chi connectivity index (χ4v) is 4.01. The predicted molar refractivity (Wildman–Crippen MR) is 114 cm³/mol. The lowest BCUT2D eigenvalue weighted by atomic mass is 10.1. The van der Waals surface area contributed by atoms with E-state index in [9.17, 15) is 14.4 Å². The molecule has 0 unspecified atom stereocenters. The maximum atomic E-state index is 12.3. The van der Waals surface area contributed by atoms with Crippen LogP contribution < -0.4 is 10.6 Å². The Bertz CT molecular complexity index is 792. The highest BCUT2D eigenvalue weighted by molar-refractivity contribution is 8.15. The molecule has 0 saturated carbocycles. The number of nitrogens with one attached hydrogen (secondary N) is 2. The zero-order valence-electron chi connectivity index (χ0n) is 17.0. The Kier molecular flexibility index (Phi) is 7.77. The van der Waals surface area contributed by atoms with Crippen LogP contribution in [0.25, 0.3) is 0 Å². The average molecular weight is 405 g/mol. The van der Waals surface area contributed by atoms with E-state index in [0.717, 1.165) is 16.8 Å². The van der Waals surface area contributed by atoms with E-state index in [1.807, 2.05) is 45.9 Å². The predicted octanol–water partition coefficient (Wildman–Crippen LogP) is 2.13. The SMILES string of the molecule is Cc1ccc(NC(=O)C[C@H]2SC(CN(C)CC(=O)NC(C)C)=NC2=O)c(C)c1. The molecule has 1 atom stereocenters. The second-order valence-corrected chi connectivity index (χ2v) is 8.69. The molecule has 1 aromatic rings. The van der Waals surface area contributed by atoms with Crippen molar-refractivity contribution < 1.29 is 14.4 Å². The molecule has 0 fully saturated rings. The number of likely N-dealkylation sites (N-methyl/N-ethyl adjacent to an activating group) is 1. The van der Waals surface area contributed by atoms with Crippen molar-refractivity contribution in [3.63, 3.8) is 0 Å². The highest BCUT2D eigenvalue weighted by Gasteiger charge is 2.31. The Hall–Kier alpha value is -2.19. The van der Waals surface area contributed by atoms with Crippen LogP contribution in [0, 0.1) is 13.8 Å². The van der Waals surface area contributed by atoms with Crippen molar-refractivity contribution in [2.24, 2.45) is 4.99 Å². The quantitative estimate of drug-likeness (QED) is 0.693. The van der Waals surface area contributed by atoms with Crippen LogP contribution in [0.4, 0.5) is 5.69 Å². The molecule has 1 aromatic carbocycles. The first-order valence-electron chi connectivity index (χ1n) is 9.27. The lowest BCUT2D eigenvalue weighted by molar-refractivity contribution is -0.122. The van der Waals surface area contributed by atoms with Gasteiger partial charge >= 0.3 is 0 Å². The summed E-state index contributed by atoms with van der Waals surface area (Å²) in [5.41, 5.74) is 2.86. The van der Waals surface area contributed by atoms with Gasteiger partial charge in [-0.25, -0.2) is 4.99 Å². The highest BCUT2D eigenvalue weighted by atomic mass is 32.2. The lowest BCUT2D eigenvalue weighted by Gasteiger charge is -2.17. The van der Waals surface area contributed by atoms with Crippen LogP contribution in [0.2, 0.25) is 0 Å². The number of aryl methyl sites for hydroxylation is 2. The Morgan fingerprint density at radius 2 is 1.96 bits per heavy atom. The molecular weight excluding hydrogens is 376 g/mol. The van der Waals surface area contributed by atoms with Gasteiger partial charge in [0.25, 0.3) is 5.91 Å². The second-order valence-electron chi connectivity index (χ2n) is 7.42. The minimum absolute atomic E-state index is 0.0708. The monoisotopic (exact) mass is 404 g/mol. The number of benzene rings is 1. The fourth-order valence-electron chi connectivity index (χ4n) is 2.86. The van der Waals surface area contributed by atoms with Crippen LogP contribution >= 0.6 is 11.8 Å². The number of carbonyl (C=O) groups excluding carboxylic acids is 3. The molecule has 0 radical (unpaired) electrons. The first-order chi connectivity index (χ1) is 13.1. The van der Waals surface area contributed by atoms with E-state index >= 15 is 0 Å². The van der Waals surface area contributed by atoms with Crippen LogP contribution in [0.15, 0.2) is 23.2 Å². The van der Waals surface area contributed by atoms with Gasteiger partial charge in [-0.3, -0.25) is 19.3 Å². The highest BCUT2D eigenvalue weighted by Crippen LogP contribution is 2.26. The van der Waals surface area contributed by atoms with E-state index < -0.39 is 5.25 Å². The van der Waals surface area contributed by atoms with Gasteiger partial charge in [-0.05, 0) is 46.4 Å². The third-order valence-corrected chi connectivity index (χ3v) is 5.23. The van der Waals surface area contributed by atoms with Gasteiger partial charge in [0.2, 0.25) is 11.8 Å². The van der Waals surface area contributed by atoms with Crippen LogP contribution in [0.3, 0.4) is 0 Å². The van der Waals surface area contributed by atoms with Gasteiger partial charge in [-0.1, -0.05) is 29.5 Å². The Labute approximate surface area is 170 Å². The molecule has 0 bridgehead atoms. The molecule has 0 aromatic heterocycles. The van der Waals surface area contributed by atoms with Crippen LogP contribution in [-0.4, -0.2) is 59.1 Å². The number of amides is 3. The molecule has 1 aliphatic rings. The summed E-state index contributed by atoms with van der Waals surface area (Å²) in [6.45, 7) is 8.36. The van der Waals surface area contributed by atoms with Gasteiger partial charge < -0.3 is 10.6 Å². The van der Waals surface area contributed by atoms with Gasteiger partial charge in [0.1, 0.15) is 5.25 Å². The maximum absolute atomic E-state index is 12.3. The normalized spacial score (nSPS) is 16.5. The van der Waals surface area contributed by atoms with Crippen LogP contribution in [0.5, 0.6) is 0 Å². The average Bonchev–Trinajstić information content (AvgIpc) is 2.88. The van der Waals surface area contributed by atoms with Gasteiger partial charge in [-0.2, -0.15) is 0 Å². The summed E-state index contributed by atoms with van der Waals surface area (Å²) in [6.07, 6.45) is 0.0708. The molecule has 1 heterocycles. The summed E-state index contributed by atoms with van der Waals surface area (Å²) in [6, 6.07) is 5.88. The summed E-state index contributed by atoms with van der Waals surface area (Å²) >= 11 is 1.30. The fraction of sp³-hybridized carbons (Fsp3) is 0.500. The number of aliphatic imine (C=N–C) groups is 1. The topological polar surface area (TPSA) is 90.9 Å². The minimum Gasteiger partial charge on any atom is -0.353 e. The van der Waals surface area contributed by atoms with Crippen molar-refractivity contribution >= 4 is 40.2 Å². The molecule has 28 heavy (non-hydrogen) atoms. The van der Waals surface area contributed by atoms with Gasteiger partial charge in [0.15, 0.2) is 0 Å². The molecule has 152 valence electrons. The van der Waals surface area contributed by atoms with Crippen molar-refractivity contribution in [3.05, 3.63) is 29.3 Å². The molecule has 0 aliphatic carbocycles. The van der Waals surface area contributed by atoms with E-state index in [2.05, 4.69) is 15.6 Å². The number of nitrogens with zero attached hydrogens (tertiary/aromatic N) is 2. The molecule has 1 aliphatic heterocycles. The van der Waals surface area contributed by atoms with E-state index in [0.29, 0.717) is 11.6 Å². The second kappa shape index (κ2) is 9.84. The lowest BCUT2D eigenvalue weighted by Crippen LogP contribution is -2.39. The largest absolute Gasteiger partial charge is 0.353 e. The molecule has 0 saturated heterocycles. The maximum Gasteiger partial charge on any atom is 0.260 e. The zero-order valence-corrected chi connectivity index (χ0v) is 17.9. The number of rotatable bonds is 8. The van der Waals surface area contributed by atoms with E-state index in [1.165, 1.54) is 11.8 Å². The molecule has 7 nitrogen and oxygen atoms in total. The summed E-state index contributed by atoms with van der Waals surface area (Å²) in [5.74, 6) is -0.577. The minimum atomic E-state index is -0.515. The first-order valence-corrected chi connectivity index (χ1v) is 10.1. The summed E-state index contributed by atoms with van der Waals surface area (Å²) in [7, 11) is 1.80. The van der Waals surface area contributed by atoms with Crippen molar-refractivity contribution in [3.8, 4) is 0 Å². The van der Waals surface area contributed by atoms with E-state index in [1.54, 1.807) is 11.9 Å². The van der Waals surface area contributed by atoms with E-state index in [-0.39, 0.29) is 36.7 Å². The Morgan fingerprint density at radius 1 is 1.25 bits per heavy atom. The Morgan fingerprint density at radius 3 is 2.61 bits per heavy atom. The molecule has 2 N–H and O–H groups in total. The first kappa shape index (κ1) is 22.1. The molecule has 2 rings (SSSR count). The van der Waals surface area contributed by atoms with Gasteiger partial charge in [0, 0.05) is 24.7 Å². The number of thioether (sulfide) groups is 1. The summed E-state index contributed by atoms with van der Waals surface area (Å²) in [5, 5.41) is 5.81. The third kappa shape index (κ3) is 6.76.